The SMILES string of the molecule is Cc1cc(C)cc(C2CCNc3c4c(nn32)NCCC4)c1. The van der Waals surface area contributed by atoms with Crippen molar-refractivity contribution in [2.45, 2.75) is 39.2 Å². The number of aromatic nitrogens is 2. The number of fused-ring (bicyclic) bond motifs is 3. The standard InChI is InChI=1S/C17H22N4/c1-11-8-12(2)10-13(9-11)15-5-7-19-17-14-4-3-6-18-16(14)20-21(15)17/h8-10,15,19H,3-7H2,1-2H3,(H,18,20). The molecule has 4 rings (SSSR count). The van der Waals surface area contributed by atoms with Crippen molar-refractivity contribution in [1.29, 1.82) is 0 Å². The van der Waals surface area contributed by atoms with Gasteiger partial charge in [-0.1, -0.05) is 29.3 Å². The summed E-state index contributed by atoms with van der Waals surface area (Å²) >= 11 is 0. The summed E-state index contributed by atoms with van der Waals surface area (Å²) in [6.07, 6.45) is 3.42. The number of rotatable bonds is 1. The smallest absolute Gasteiger partial charge is 0.153 e. The third-order valence-corrected chi connectivity index (χ3v) is 4.54. The van der Waals surface area contributed by atoms with Crippen LogP contribution in [0.2, 0.25) is 0 Å². The van der Waals surface area contributed by atoms with E-state index in [0.29, 0.717) is 6.04 Å². The molecule has 0 fully saturated rings. The highest BCUT2D eigenvalue weighted by molar-refractivity contribution is 5.62. The molecule has 2 aliphatic rings. The second-order valence-electron chi connectivity index (χ2n) is 6.30. The molecule has 3 heterocycles. The molecule has 1 unspecified atom stereocenters. The minimum Gasteiger partial charge on any atom is -0.370 e. The van der Waals surface area contributed by atoms with Crippen molar-refractivity contribution in [3.63, 3.8) is 0 Å². The molecule has 1 atom stereocenters. The van der Waals surface area contributed by atoms with E-state index in [1.54, 1.807) is 0 Å². The molecule has 2 aliphatic heterocycles. The molecule has 21 heavy (non-hydrogen) atoms. The van der Waals surface area contributed by atoms with E-state index in [0.717, 1.165) is 31.7 Å². The van der Waals surface area contributed by atoms with Gasteiger partial charge in [0.05, 0.1) is 6.04 Å². The van der Waals surface area contributed by atoms with Gasteiger partial charge >= 0.3 is 0 Å². The van der Waals surface area contributed by atoms with Gasteiger partial charge in [-0.25, -0.2) is 4.68 Å². The molecular weight excluding hydrogens is 260 g/mol. The van der Waals surface area contributed by atoms with Crippen LogP contribution < -0.4 is 10.6 Å². The maximum atomic E-state index is 4.85. The van der Waals surface area contributed by atoms with Gasteiger partial charge in [0.25, 0.3) is 0 Å². The predicted octanol–water partition coefficient (Wildman–Crippen LogP) is 3.26. The molecule has 0 aliphatic carbocycles. The Morgan fingerprint density at radius 3 is 2.71 bits per heavy atom. The molecule has 0 saturated heterocycles. The van der Waals surface area contributed by atoms with Gasteiger partial charge in [-0.3, -0.25) is 0 Å². The first kappa shape index (κ1) is 12.7. The van der Waals surface area contributed by atoms with Crippen LogP contribution in [0.25, 0.3) is 0 Å². The molecule has 2 N–H and O–H groups in total. The van der Waals surface area contributed by atoms with E-state index in [4.69, 9.17) is 5.10 Å². The Labute approximate surface area is 125 Å². The first-order valence-corrected chi connectivity index (χ1v) is 7.90. The van der Waals surface area contributed by atoms with E-state index in [-0.39, 0.29) is 0 Å². The Morgan fingerprint density at radius 2 is 1.90 bits per heavy atom. The van der Waals surface area contributed by atoms with Crippen molar-refractivity contribution in [3.8, 4) is 0 Å². The second-order valence-corrected chi connectivity index (χ2v) is 6.30. The summed E-state index contributed by atoms with van der Waals surface area (Å²) < 4.78 is 2.21. The Morgan fingerprint density at radius 1 is 1.10 bits per heavy atom. The van der Waals surface area contributed by atoms with Gasteiger partial charge in [0.15, 0.2) is 5.82 Å². The normalized spacial score (nSPS) is 20.2. The zero-order valence-electron chi connectivity index (χ0n) is 12.7. The fourth-order valence-corrected chi connectivity index (χ4v) is 3.69. The number of hydrogen-bond acceptors (Lipinski definition) is 3. The third-order valence-electron chi connectivity index (χ3n) is 4.54. The Hall–Kier alpha value is -1.97. The Bertz CT molecular complexity index is 666. The molecule has 4 heteroatoms. The van der Waals surface area contributed by atoms with Gasteiger partial charge in [-0.2, -0.15) is 5.10 Å². The molecule has 0 amide bonds. The van der Waals surface area contributed by atoms with Crippen molar-refractivity contribution < 1.29 is 0 Å². The highest BCUT2D eigenvalue weighted by atomic mass is 15.4. The van der Waals surface area contributed by atoms with E-state index < -0.39 is 0 Å². The average Bonchev–Trinajstić information content (AvgIpc) is 2.84. The average molecular weight is 282 g/mol. The quantitative estimate of drug-likeness (QED) is 0.843. The summed E-state index contributed by atoms with van der Waals surface area (Å²) in [5.74, 6) is 2.31. The van der Waals surface area contributed by atoms with Crippen LogP contribution in [0.1, 0.15) is 41.1 Å². The minimum atomic E-state index is 0.354. The first-order chi connectivity index (χ1) is 10.2. The van der Waals surface area contributed by atoms with E-state index in [1.807, 2.05) is 0 Å². The fourth-order valence-electron chi connectivity index (χ4n) is 3.69. The number of anilines is 2. The number of nitrogens with zero attached hydrogens (tertiary/aromatic N) is 2. The molecule has 1 aromatic heterocycles. The van der Waals surface area contributed by atoms with Crippen LogP contribution in [0.5, 0.6) is 0 Å². The highest BCUT2D eigenvalue weighted by Crippen LogP contribution is 2.37. The molecule has 0 bridgehead atoms. The molecule has 0 spiro atoms. The van der Waals surface area contributed by atoms with Crippen molar-refractivity contribution in [2.75, 3.05) is 23.7 Å². The lowest BCUT2D eigenvalue weighted by Gasteiger charge is -2.27. The third kappa shape index (κ3) is 2.09. The Balaban J connectivity index is 1.81. The minimum absolute atomic E-state index is 0.354. The lowest BCUT2D eigenvalue weighted by molar-refractivity contribution is 0.482. The number of nitrogens with one attached hydrogen (secondary N) is 2. The number of aryl methyl sites for hydroxylation is 2. The zero-order valence-corrected chi connectivity index (χ0v) is 12.7. The van der Waals surface area contributed by atoms with Crippen molar-refractivity contribution in [3.05, 3.63) is 40.5 Å². The van der Waals surface area contributed by atoms with Crippen LogP contribution >= 0.6 is 0 Å². The summed E-state index contributed by atoms with van der Waals surface area (Å²) in [4.78, 5) is 0. The van der Waals surface area contributed by atoms with Crippen LogP contribution in [0.4, 0.5) is 11.6 Å². The Kier molecular flexibility index (Phi) is 2.91. The summed E-state index contributed by atoms with van der Waals surface area (Å²) in [5.41, 5.74) is 5.42. The van der Waals surface area contributed by atoms with Crippen molar-refractivity contribution >= 4 is 11.6 Å². The summed E-state index contributed by atoms with van der Waals surface area (Å²) in [6.45, 7) is 6.41. The topological polar surface area (TPSA) is 41.9 Å². The van der Waals surface area contributed by atoms with Crippen LogP contribution in [-0.2, 0) is 6.42 Å². The zero-order chi connectivity index (χ0) is 14.4. The van der Waals surface area contributed by atoms with Crippen molar-refractivity contribution in [2.24, 2.45) is 0 Å². The molecule has 4 nitrogen and oxygen atoms in total. The first-order valence-electron chi connectivity index (χ1n) is 7.90. The maximum Gasteiger partial charge on any atom is 0.153 e. The molecular formula is C17H22N4. The van der Waals surface area contributed by atoms with Gasteiger partial charge in [-0.15, -0.1) is 0 Å². The second kappa shape index (κ2) is 4.79. The van der Waals surface area contributed by atoms with E-state index in [2.05, 4.69) is 47.4 Å². The molecule has 110 valence electrons. The van der Waals surface area contributed by atoms with Gasteiger partial charge in [0.2, 0.25) is 0 Å². The van der Waals surface area contributed by atoms with E-state index in [9.17, 15) is 0 Å². The van der Waals surface area contributed by atoms with Crippen LogP contribution in [0.3, 0.4) is 0 Å². The van der Waals surface area contributed by atoms with E-state index >= 15 is 0 Å². The fraction of sp³-hybridized carbons (Fsp3) is 0.471. The number of benzene rings is 1. The van der Waals surface area contributed by atoms with Crippen LogP contribution in [0.15, 0.2) is 18.2 Å². The van der Waals surface area contributed by atoms with Gasteiger partial charge in [0, 0.05) is 18.7 Å². The lowest BCUT2D eigenvalue weighted by Crippen LogP contribution is -2.25. The molecule has 0 saturated carbocycles. The van der Waals surface area contributed by atoms with Gasteiger partial charge in [-0.05, 0) is 38.7 Å². The van der Waals surface area contributed by atoms with Crippen LogP contribution in [-0.4, -0.2) is 22.9 Å². The molecule has 1 aromatic carbocycles. The number of hydrogen-bond donors (Lipinski definition) is 2. The van der Waals surface area contributed by atoms with E-state index in [1.165, 1.54) is 34.5 Å². The summed E-state index contributed by atoms with van der Waals surface area (Å²) in [5, 5.41) is 11.9. The van der Waals surface area contributed by atoms with Crippen molar-refractivity contribution in [1.82, 2.24) is 9.78 Å². The monoisotopic (exact) mass is 282 g/mol. The largest absolute Gasteiger partial charge is 0.370 e. The predicted molar refractivity (Wildman–Crippen MR) is 86.2 cm³/mol. The van der Waals surface area contributed by atoms with Gasteiger partial charge in [0.1, 0.15) is 5.82 Å². The van der Waals surface area contributed by atoms with Gasteiger partial charge < -0.3 is 10.6 Å². The summed E-state index contributed by atoms with van der Waals surface area (Å²) in [6, 6.07) is 7.20. The summed E-state index contributed by atoms with van der Waals surface area (Å²) in [7, 11) is 0. The highest BCUT2D eigenvalue weighted by Gasteiger charge is 2.28. The lowest BCUT2D eigenvalue weighted by atomic mass is 9.98. The maximum absolute atomic E-state index is 4.85. The molecule has 2 aromatic rings. The van der Waals surface area contributed by atoms with Crippen LogP contribution in [0, 0.1) is 13.8 Å². The molecule has 0 radical (unpaired) electrons.